The summed E-state index contributed by atoms with van der Waals surface area (Å²) in [7, 11) is 0. The number of ether oxygens (including phenoxy) is 1. The van der Waals surface area contributed by atoms with E-state index in [1.54, 1.807) is 6.92 Å². The van der Waals surface area contributed by atoms with Crippen molar-refractivity contribution in [2.75, 3.05) is 0 Å². The summed E-state index contributed by atoms with van der Waals surface area (Å²) >= 11 is 0. The molecule has 15 heavy (non-hydrogen) atoms. The van der Waals surface area contributed by atoms with Crippen LogP contribution >= 0.6 is 0 Å². The molecule has 0 radical (unpaired) electrons. The molecule has 2 N–H and O–H groups in total. The molecule has 2 atom stereocenters. The molecule has 0 aromatic carbocycles. The van der Waals surface area contributed by atoms with E-state index < -0.39 is 17.8 Å². The lowest BCUT2D eigenvalue weighted by atomic mass is 10.1. The van der Waals surface area contributed by atoms with Crippen LogP contribution in [-0.4, -0.2) is 28.9 Å². The minimum atomic E-state index is -0.492. The number of nitrogens with one attached hydrogen (secondary N) is 1. The van der Waals surface area contributed by atoms with Gasteiger partial charge in [-0.2, -0.15) is 0 Å². The maximum Gasteiger partial charge on any atom is 0.407 e. The Morgan fingerprint density at radius 1 is 1.47 bits per heavy atom. The zero-order chi connectivity index (χ0) is 11.6. The van der Waals surface area contributed by atoms with Gasteiger partial charge in [0.1, 0.15) is 5.60 Å². The van der Waals surface area contributed by atoms with Gasteiger partial charge in [-0.1, -0.05) is 0 Å². The van der Waals surface area contributed by atoms with Gasteiger partial charge in [0, 0.05) is 0 Å². The normalized spacial score (nSPS) is 20.6. The third kappa shape index (κ3) is 4.51. The number of amides is 1. The topological polar surface area (TPSA) is 58.6 Å². The second kappa shape index (κ2) is 4.39. The first-order chi connectivity index (χ1) is 6.79. The Bertz CT molecular complexity index is 230. The lowest BCUT2D eigenvalue weighted by Gasteiger charge is -2.24. The van der Waals surface area contributed by atoms with Crippen molar-refractivity contribution in [3.05, 3.63) is 0 Å². The molecule has 0 aliphatic heterocycles. The molecule has 1 saturated carbocycles. The van der Waals surface area contributed by atoms with E-state index in [0.29, 0.717) is 5.92 Å². The quantitative estimate of drug-likeness (QED) is 0.753. The predicted octanol–water partition coefficient (Wildman–Crippen LogP) is 1.67. The summed E-state index contributed by atoms with van der Waals surface area (Å²) in [6.45, 7) is 7.24. The number of rotatable bonds is 3. The Balaban J connectivity index is 2.30. The first-order valence-corrected chi connectivity index (χ1v) is 5.47. The van der Waals surface area contributed by atoms with Crippen LogP contribution in [0.15, 0.2) is 0 Å². The Labute approximate surface area is 91.0 Å². The van der Waals surface area contributed by atoms with Crippen LogP contribution in [0.3, 0.4) is 0 Å². The molecule has 1 aliphatic rings. The largest absolute Gasteiger partial charge is 0.444 e. The molecule has 0 aromatic heterocycles. The number of aliphatic hydroxyl groups is 1. The van der Waals surface area contributed by atoms with Gasteiger partial charge in [0.15, 0.2) is 0 Å². The van der Waals surface area contributed by atoms with Gasteiger partial charge in [0.05, 0.1) is 12.1 Å². The van der Waals surface area contributed by atoms with E-state index in [2.05, 4.69) is 5.32 Å². The standard InChI is InChI=1S/C11H21NO3/c1-7(9(13)8-5-6-8)12-10(14)15-11(2,3)4/h7-9,13H,5-6H2,1-4H3,(H,12,14)/t7-,9?/m0/s1. The van der Waals surface area contributed by atoms with Crippen LogP contribution < -0.4 is 5.32 Å². The molecule has 0 bridgehead atoms. The molecule has 1 aliphatic carbocycles. The van der Waals surface area contributed by atoms with Crippen molar-refractivity contribution in [3.63, 3.8) is 0 Å². The Morgan fingerprint density at radius 2 is 2.00 bits per heavy atom. The third-order valence-electron chi connectivity index (χ3n) is 2.36. The molecule has 0 heterocycles. The average Bonchev–Trinajstić information content (AvgIpc) is 2.80. The number of aliphatic hydroxyl groups excluding tert-OH is 1. The third-order valence-corrected chi connectivity index (χ3v) is 2.36. The number of carbonyl (C=O) groups excluding carboxylic acids is 1. The fourth-order valence-electron chi connectivity index (χ4n) is 1.42. The summed E-state index contributed by atoms with van der Waals surface area (Å²) in [5.74, 6) is 0.356. The maximum absolute atomic E-state index is 11.4. The lowest BCUT2D eigenvalue weighted by Crippen LogP contribution is -2.44. The van der Waals surface area contributed by atoms with Gasteiger partial charge in [0.2, 0.25) is 0 Å². The van der Waals surface area contributed by atoms with Crippen LogP contribution in [0.5, 0.6) is 0 Å². The van der Waals surface area contributed by atoms with E-state index in [1.165, 1.54) is 0 Å². The minimum absolute atomic E-state index is 0.243. The number of hydrogen-bond acceptors (Lipinski definition) is 3. The Kier molecular flexibility index (Phi) is 3.60. The van der Waals surface area contributed by atoms with E-state index in [9.17, 15) is 9.90 Å². The van der Waals surface area contributed by atoms with Crippen molar-refractivity contribution in [3.8, 4) is 0 Å². The second-order valence-corrected chi connectivity index (χ2v) is 5.26. The fourth-order valence-corrected chi connectivity index (χ4v) is 1.42. The molecule has 1 amide bonds. The number of hydrogen-bond donors (Lipinski definition) is 2. The first kappa shape index (κ1) is 12.3. The van der Waals surface area contributed by atoms with Crippen molar-refractivity contribution in [1.29, 1.82) is 0 Å². The number of alkyl carbamates (subject to hydrolysis) is 1. The molecule has 1 fully saturated rings. The van der Waals surface area contributed by atoms with Crippen LogP contribution in [0.1, 0.15) is 40.5 Å². The van der Waals surface area contributed by atoms with E-state index in [0.717, 1.165) is 12.8 Å². The summed E-state index contributed by atoms with van der Waals surface area (Å²) in [5, 5.41) is 12.4. The summed E-state index contributed by atoms with van der Waals surface area (Å²) < 4.78 is 5.10. The van der Waals surface area contributed by atoms with Gasteiger partial charge in [-0.15, -0.1) is 0 Å². The monoisotopic (exact) mass is 215 g/mol. The molecular weight excluding hydrogens is 194 g/mol. The van der Waals surface area contributed by atoms with Gasteiger partial charge in [-0.25, -0.2) is 4.79 Å². The highest BCUT2D eigenvalue weighted by atomic mass is 16.6. The second-order valence-electron chi connectivity index (χ2n) is 5.26. The van der Waals surface area contributed by atoms with E-state index in [4.69, 9.17) is 4.74 Å². The van der Waals surface area contributed by atoms with Crippen molar-refractivity contribution >= 4 is 6.09 Å². The molecule has 4 heteroatoms. The highest BCUT2D eigenvalue weighted by Crippen LogP contribution is 2.33. The summed E-state index contributed by atoms with van der Waals surface area (Å²) in [6.07, 6.45) is 1.20. The van der Waals surface area contributed by atoms with Gasteiger partial charge < -0.3 is 15.2 Å². The SMILES string of the molecule is C[C@H](NC(=O)OC(C)(C)C)C(O)C1CC1. The van der Waals surface area contributed by atoms with Crippen molar-refractivity contribution < 1.29 is 14.6 Å². The fraction of sp³-hybridized carbons (Fsp3) is 0.909. The van der Waals surface area contributed by atoms with Gasteiger partial charge in [-0.3, -0.25) is 0 Å². The summed E-state index contributed by atoms with van der Waals surface area (Å²) in [6, 6.07) is -0.243. The number of carbonyl (C=O) groups is 1. The van der Waals surface area contributed by atoms with Gasteiger partial charge in [-0.05, 0) is 46.5 Å². The predicted molar refractivity (Wildman–Crippen MR) is 57.6 cm³/mol. The Hall–Kier alpha value is -0.770. The van der Waals surface area contributed by atoms with Gasteiger partial charge in [0.25, 0.3) is 0 Å². The highest BCUT2D eigenvalue weighted by molar-refractivity contribution is 5.68. The van der Waals surface area contributed by atoms with Gasteiger partial charge >= 0.3 is 6.09 Å². The van der Waals surface area contributed by atoms with Crippen molar-refractivity contribution in [2.45, 2.75) is 58.3 Å². The molecule has 0 saturated heterocycles. The van der Waals surface area contributed by atoms with E-state index in [1.807, 2.05) is 20.8 Å². The van der Waals surface area contributed by atoms with Crippen LogP contribution in [0, 0.1) is 5.92 Å². The molecule has 0 aromatic rings. The van der Waals surface area contributed by atoms with E-state index >= 15 is 0 Å². The summed E-state index contributed by atoms with van der Waals surface area (Å²) in [5.41, 5.74) is -0.492. The molecular formula is C11H21NO3. The maximum atomic E-state index is 11.4. The highest BCUT2D eigenvalue weighted by Gasteiger charge is 2.34. The lowest BCUT2D eigenvalue weighted by molar-refractivity contribution is 0.0415. The first-order valence-electron chi connectivity index (χ1n) is 5.47. The molecule has 0 spiro atoms. The summed E-state index contributed by atoms with van der Waals surface area (Å²) in [4.78, 5) is 11.4. The minimum Gasteiger partial charge on any atom is -0.444 e. The van der Waals surface area contributed by atoms with Crippen molar-refractivity contribution in [1.82, 2.24) is 5.32 Å². The smallest absolute Gasteiger partial charge is 0.407 e. The van der Waals surface area contributed by atoms with Crippen LogP contribution in [0.2, 0.25) is 0 Å². The molecule has 88 valence electrons. The molecule has 1 unspecified atom stereocenters. The average molecular weight is 215 g/mol. The zero-order valence-electron chi connectivity index (χ0n) is 9.91. The van der Waals surface area contributed by atoms with Crippen molar-refractivity contribution in [2.24, 2.45) is 5.92 Å². The van der Waals surface area contributed by atoms with E-state index in [-0.39, 0.29) is 6.04 Å². The molecule has 1 rings (SSSR count). The zero-order valence-corrected chi connectivity index (χ0v) is 9.91. The van der Waals surface area contributed by atoms with Crippen LogP contribution in [0.4, 0.5) is 4.79 Å². The molecule has 4 nitrogen and oxygen atoms in total. The van der Waals surface area contributed by atoms with Crippen LogP contribution in [-0.2, 0) is 4.74 Å². The Morgan fingerprint density at radius 3 is 2.40 bits per heavy atom. The van der Waals surface area contributed by atoms with Crippen LogP contribution in [0.25, 0.3) is 0 Å².